The summed E-state index contributed by atoms with van der Waals surface area (Å²) in [5.41, 5.74) is -1.23. The highest BCUT2D eigenvalue weighted by atomic mass is 32.2. The van der Waals surface area contributed by atoms with Gasteiger partial charge in [-0.05, 0) is 20.8 Å². The molecule has 2 N–H and O–H groups in total. The number of hydrogen-bond donors (Lipinski definition) is 2. The van der Waals surface area contributed by atoms with Gasteiger partial charge in [0.25, 0.3) is 0 Å². The predicted octanol–water partition coefficient (Wildman–Crippen LogP) is 1.38. The van der Waals surface area contributed by atoms with Crippen LogP contribution in [0.5, 0.6) is 0 Å². The zero-order valence-electron chi connectivity index (χ0n) is 10.7. The molecule has 0 aliphatic carbocycles. The Hall–Kier alpha value is -0.910. The second-order valence-electron chi connectivity index (χ2n) is 4.87. The maximum absolute atomic E-state index is 12.0. The third-order valence-electron chi connectivity index (χ3n) is 3.10. The predicted molar refractivity (Wildman–Crippen MR) is 68.3 cm³/mol. The largest absolute Gasteiger partial charge is 0.480 e. The molecule has 1 aliphatic heterocycles. The molecule has 98 valence electrons. The standard InChI is InChI=1S/C11H20N2O3S/c1-7-8(2)17-6-5-13(7)10(16)12-11(3,4)9(14)15/h7-8H,5-6H2,1-4H3,(H,12,16)(H,14,15). The highest BCUT2D eigenvalue weighted by molar-refractivity contribution is 8.00. The third kappa shape index (κ3) is 3.28. The van der Waals surface area contributed by atoms with Crippen molar-refractivity contribution in [3.63, 3.8) is 0 Å². The van der Waals surface area contributed by atoms with Crippen LogP contribution in [0.2, 0.25) is 0 Å². The second-order valence-corrected chi connectivity index (χ2v) is 6.36. The zero-order valence-corrected chi connectivity index (χ0v) is 11.5. The van der Waals surface area contributed by atoms with Crippen LogP contribution < -0.4 is 5.32 Å². The number of rotatable bonds is 2. The number of hydrogen-bond acceptors (Lipinski definition) is 3. The number of carboxylic acids is 1. The third-order valence-corrected chi connectivity index (χ3v) is 4.44. The van der Waals surface area contributed by atoms with Gasteiger partial charge in [0.2, 0.25) is 0 Å². The number of thioether (sulfide) groups is 1. The molecule has 2 amide bonds. The van der Waals surface area contributed by atoms with E-state index < -0.39 is 11.5 Å². The number of carboxylic acid groups (broad SMARTS) is 1. The highest BCUT2D eigenvalue weighted by Crippen LogP contribution is 2.24. The Labute approximate surface area is 106 Å². The maximum Gasteiger partial charge on any atom is 0.328 e. The van der Waals surface area contributed by atoms with Crippen molar-refractivity contribution in [3.8, 4) is 0 Å². The van der Waals surface area contributed by atoms with Crippen LogP contribution in [0.1, 0.15) is 27.7 Å². The lowest BCUT2D eigenvalue weighted by Crippen LogP contribution is -2.58. The van der Waals surface area contributed by atoms with Gasteiger partial charge in [-0.25, -0.2) is 9.59 Å². The Balaban J connectivity index is 2.67. The van der Waals surface area contributed by atoms with Gasteiger partial charge in [-0.3, -0.25) is 0 Å². The lowest BCUT2D eigenvalue weighted by Gasteiger charge is -2.38. The lowest BCUT2D eigenvalue weighted by molar-refractivity contribution is -0.143. The second kappa shape index (κ2) is 5.16. The first-order chi connectivity index (χ1) is 7.75. The van der Waals surface area contributed by atoms with Gasteiger partial charge in [0.1, 0.15) is 5.54 Å². The van der Waals surface area contributed by atoms with E-state index in [9.17, 15) is 9.59 Å². The van der Waals surface area contributed by atoms with Gasteiger partial charge < -0.3 is 15.3 Å². The van der Waals surface area contributed by atoms with Gasteiger partial charge in [-0.1, -0.05) is 6.92 Å². The molecule has 5 nitrogen and oxygen atoms in total. The molecule has 0 spiro atoms. The van der Waals surface area contributed by atoms with Gasteiger partial charge in [-0.2, -0.15) is 11.8 Å². The fourth-order valence-corrected chi connectivity index (χ4v) is 2.71. The van der Waals surface area contributed by atoms with Crippen LogP contribution >= 0.6 is 11.8 Å². The van der Waals surface area contributed by atoms with E-state index in [0.717, 1.165) is 5.75 Å². The summed E-state index contributed by atoms with van der Waals surface area (Å²) in [5, 5.41) is 11.9. The highest BCUT2D eigenvalue weighted by Gasteiger charge is 2.34. The molecule has 1 fully saturated rings. The molecular weight excluding hydrogens is 240 g/mol. The maximum atomic E-state index is 12.0. The van der Waals surface area contributed by atoms with Crippen LogP contribution in [0.3, 0.4) is 0 Å². The summed E-state index contributed by atoms with van der Waals surface area (Å²) in [6.07, 6.45) is 0. The van der Waals surface area contributed by atoms with E-state index in [1.54, 1.807) is 4.90 Å². The molecule has 0 bridgehead atoms. The minimum Gasteiger partial charge on any atom is -0.480 e. The monoisotopic (exact) mass is 260 g/mol. The van der Waals surface area contributed by atoms with Gasteiger partial charge in [0.05, 0.1) is 0 Å². The molecule has 0 aromatic rings. The summed E-state index contributed by atoms with van der Waals surface area (Å²) in [7, 11) is 0. The minimum absolute atomic E-state index is 0.123. The molecule has 2 unspecified atom stereocenters. The summed E-state index contributed by atoms with van der Waals surface area (Å²) in [4.78, 5) is 24.7. The van der Waals surface area contributed by atoms with E-state index in [0.29, 0.717) is 11.8 Å². The average molecular weight is 260 g/mol. The molecular formula is C11H20N2O3S. The zero-order chi connectivity index (χ0) is 13.2. The van der Waals surface area contributed by atoms with E-state index in [1.807, 2.05) is 18.7 Å². The lowest BCUT2D eigenvalue weighted by atomic mass is 10.1. The number of carbonyl (C=O) groups excluding carboxylic acids is 1. The van der Waals surface area contributed by atoms with E-state index >= 15 is 0 Å². The number of nitrogens with one attached hydrogen (secondary N) is 1. The Morgan fingerprint density at radius 2 is 2.00 bits per heavy atom. The first-order valence-electron chi connectivity index (χ1n) is 5.69. The van der Waals surface area contributed by atoms with Crippen molar-refractivity contribution < 1.29 is 14.7 Å². The molecule has 1 heterocycles. The first-order valence-corrected chi connectivity index (χ1v) is 6.74. The number of carbonyl (C=O) groups is 2. The summed E-state index contributed by atoms with van der Waals surface area (Å²) >= 11 is 1.83. The molecule has 1 rings (SSSR count). The van der Waals surface area contributed by atoms with Crippen molar-refractivity contribution in [2.24, 2.45) is 0 Å². The van der Waals surface area contributed by atoms with E-state index in [4.69, 9.17) is 5.11 Å². The SMILES string of the molecule is CC1SCCN(C(=O)NC(C)(C)C(=O)O)C1C. The summed E-state index contributed by atoms with van der Waals surface area (Å²) < 4.78 is 0. The van der Waals surface area contributed by atoms with Crippen LogP contribution in [-0.4, -0.2) is 51.1 Å². The van der Waals surface area contributed by atoms with Crippen molar-refractivity contribution in [2.75, 3.05) is 12.3 Å². The van der Waals surface area contributed by atoms with Crippen molar-refractivity contribution >= 4 is 23.8 Å². The van der Waals surface area contributed by atoms with Crippen molar-refractivity contribution in [1.82, 2.24) is 10.2 Å². The van der Waals surface area contributed by atoms with Crippen LogP contribution in [0, 0.1) is 0 Å². The molecule has 0 saturated carbocycles. The fourth-order valence-electron chi connectivity index (χ4n) is 1.61. The fraction of sp³-hybridized carbons (Fsp3) is 0.818. The van der Waals surface area contributed by atoms with Gasteiger partial charge in [0.15, 0.2) is 0 Å². The van der Waals surface area contributed by atoms with Crippen LogP contribution in [0.25, 0.3) is 0 Å². The summed E-state index contributed by atoms with van der Waals surface area (Å²) in [6, 6.07) is -0.171. The number of amides is 2. The van der Waals surface area contributed by atoms with Gasteiger partial charge in [0, 0.05) is 23.6 Å². The van der Waals surface area contributed by atoms with Crippen molar-refractivity contribution in [1.29, 1.82) is 0 Å². The van der Waals surface area contributed by atoms with Gasteiger partial charge in [-0.15, -0.1) is 0 Å². The number of urea groups is 1. The minimum atomic E-state index is -1.23. The molecule has 1 aliphatic rings. The number of aliphatic carboxylic acids is 1. The Kier molecular flexibility index (Phi) is 4.30. The van der Waals surface area contributed by atoms with Crippen LogP contribution in [-0.2, 0) is 4.79 Å². The summed E-state index contributed by atoms with van der Waals surface area (Å²) in [5.74, 6) is -0.134. The first kappa shape index (κ1) is 14.2. The van der Waals surface area contributed by atoms with Crippen LogP contribution in [0.4, 0.5) is 4.79 Å². The molecule has 17 heavy (non-hydrogen) atoms. The quantitative estimate of drug-likeness (QED) is 0.787. The van der Waals surface area contributed by atoms with E-state index in [-0.39, 0.29) is 12.1 Å². The van der Waals surface area contributed by atoms with Crippen molar-refractivity contribution in [3.05, 3.63) is 0 Å². The van der Waals surface area contributed by atoms with Crippen LogP contribution in [0.15, 0.2) is 0 Å². The smallest absolute Gasteiger partial charge is 0.328 e. The van der Waals surface area contributed by atoms with Crippen molar-refractivity contribution in [2.45, 2.75) is 44.5 Å². The van der Waals surface area contributed by atoms with Gasteiger partial charge >= 0.3 is 12.0 Å². The Bertz CT molecular complexity index is 320. The molecule has 1 saturated heterocycles. The molecule has 0 radical (unpaired) electrons. The number of nitrogens with zero attached hydrogens (tertiary/aromatic N) is 1. The van der Waals surface area contributed by atoms with E-state index in [2.05, 4.69) is 12.2 Å². The molecule has 2 atom stereocenters. The Morgan fingerprint density at radius 1 is 1.41 bits per heavy atom. The van der Waals surface area contributed by atoms with E-state index in [1.165, 1.54) is 13.8 Å². The normalized spacial score (nSPS) is 25.5. The topological polar surface area (TPSA) is 69.6 Å². The summed E-state index contributed by atoms with van der Waals surface area (Å²) in [6.45, 7) is 7.71. The molecule has 0 aromatic heterocycles. The Morgan fingerprint density at radius 3 is 2.53 bits per heavy atom. The average Bonchev–Trinajstić information content (AvgIpc) is 2.21. The molecule has 6 heteroatoms. The molecule has 0 aromatic carbocycles.